The molecule has 0 spiro atoms. The lowest BCUT2D eigenvalue weighted by atomic mass is 10.2. The molecule has 1 saturated heterocycles. The van der Waals surface area contributed by atoms with Crippen molar-refractivity contribution in [3.8, 4) is 0 Å². The summed E-state index contributed by atoms with van der Waals surface area (Å²) < 4.78 is 28.0. The zero-order valence-electron chi connectivity index (χ0n) is 11.2. The number of rotatable bonds is 5. The number of nitrogens with zero attached hydrogens (tertiary/aromatic N) is 1. The zero-order valence-corrected chi connectivity index (χ0v) is 12.0. The minimum Gasteiger partial charge on any atom is -0.475 e. The number of carboxylic acids is 1. The van der Waals surface area contributed by atoms with E-state index in [4.69, 9.17) is 9.52 Å². The molecule has 2 rings (SSSR count). The third-order valence-corrected chi connectivity index (χ3v) is 5.01. The molecule has 114 valence electrons. The number of sulfone groups is 1. The second kappa shape index (κ2) is 5.72. The fraction of sp³-hybridized carbons (Fsp3) is 0.385. The summed E-state index contributed by atoms with van der Waals surface area (Å²) in [6.07, 6.45) is 1.85. The lowest BCUT2D eigenvalue weighted by molar-refractivity contribution is 0.0641. The smallest absolute Gasteiger partial charge is 0.371 e. The highest BCUT2D eigenvalue weighted by Gasteiger charge is 2.35. The van der Waals surface area contributed by atoms with Crippen molar-refractivity contribution in [2.45, 2.75) is 12.5 Å². The van der Waals surface area contributed by atoms with E-state index in [1.54, 1.807) is 0 Å². The van der Waals surface area contributed by atoms with Gasteiger partial charge in [0.25, 0.3) is 5.91 Å². The number of amides is 1. The van der Waals surface area contributed by atoms with Gasteiger partial charge < -0.3 is 14.4 Å². The van der Waals surface area contributed by atoms with Crippen molar-refractivity contribution in [1.82, 2.24) is 4.90 Å². The lowest BCUT2D eigenvalue weighted by Crippen LogP contribution is -2.41. The molecule has 21 heavy (non-hydrogen) atoms. The predicted octanol–water partition coefficient (Wildman–Crippen LogP) is 0.793. The second-order valence-electron chi connectivity index (χ2n) is 4.77. The topological polar surface area (TPSA) is 105 Å². The van der Waals surface area contributed by atoms with Crippen LogP contribution in [-0.4, -0.2) is 54.4 Å². The van der Waals surface area contributed by atoms with Crippen molar-refractivity contribution in [2.75, 3.05) is 18.1 Å². The van der Waals surface area contributed by atoms with Gasteiger partial charge in [0.05, 0.1) is 11.5 Å². The van der Waals surface area contributed by atoms with Gasteiger partial charge in [-0.3, -0.25) is 4.79 Å². The molecule has 1 amide bonds. The van der Waals surface area contributed by atoms with Crippen molar-refractivity contribution in [1.29, 1.82) is 0 Å². The summed E-state index contributed by atoms with van der Waals surface area (Å²) in [5.41, 5.74) is 0. The van der Waals surface area contributed by atoms with Gasteiger partial charge in [-0.05, 0) is 18.6 Å². The molecular weight excluding hydrogens is 298 g/mol. The Hall–Kier alpha value is -2.09. The highest BCUT2D eigenvalue weighted by atomic mass is 32.2. The van der Waals surface area contributed by atoms with Gasteiger partial charge in [0, 0.05) is 12.6 Å². The molecule has 8 heteroatoms. The highest BCUT2D eigenvalue weighted by Crippen LogP contribution is 2.21. The van der Waals surface area contributed by atoms with Crippen molar-refractivity contribution < 1.29 is 27.5 Å². The van der Waals surface area contributed by atoms with Crippen molar-refractivity contribution in [3.63, 3.8) is 0 Å². The van der Waals surface area contributed by atoms with Crippen LogP contribution in [0.4, 0.5) is 0 Å². The fourth-order valence-corrected chi connectivity index (χ4v) is 4.00. The van der Waals surface area contributed by atoms with Crippen LogP contribution in [0.1, 0.15) is 27.5 Å². The van der Waals surface area contributed by atoms with Gasteiger partial charge in [-0.25, -0.2) is 13.2 Å². The molecule has 2 heterocycles. The molecule has 1 aromatic heterocycles. The summed E-state index contributed by atoms with van der Waals surface area (Å²) in [4.78, 5) is 24.5. The van der Waals surface area contributed by atoms with E-state index in [0.717, 1.165) is 0 Å². The number of carbonyl (C=O) groups is 2. The van der Waals surface area contributed by atoms with Crippen LogP contribution in [0.3, 0.4) is 0 Å². The first-order chi connectivity index (χ1) is 9.84. The summed E-state index contributed by atoms with van der Waals surface area (Å²) in [5.74, 6) is -2.33. The van der Waals surface area contributed by atoms with Gasteiger partial charge in [0.1, 0.15) is 0 Å². The van der Waals surface area contributed by atoms with Crippen LogP contribution in [-0.2, 0) is 9.84 Å². The zero-order chi connectivity index (χ0) is 15.6. The van der Waals surface area contributed by atoms with Gasteiger partial charge in [-0.2, -0.15) is 0 Å². The van der Waals surface area contributed by atoms with Crippen LogP contribution >= 0.6 is 0 Å². The molecule has 1 atom stereocenters. The Morgan fingerprint density at radius 2 is 2.10 bits per heavy atom. The summed E-state index contributed by atoms with van der Waals surface area (Å²) in [5, 5.41) is 8.79. The molecule has 1 N–H and O–H groups in total. The van der Waals surface area contributed by atoms with Crippen LogP contribution in [0, 0.1) is 0 Å². The molecule has 0 bridgehead atoms. The molecule has 1 aliphatic rings. The van der Waals surface area contributed by atoms with Crippen molar-refractivity contribution in [2.24, 2.45) is 0 Å². The summed E-state index contributed by atoms with van der Waals surface area (Å²) in [7, 11) is -3.14. The Morgan fingerprint density at radius 3 is 2.57 bits per heavy atom. The van der Waals surface area contributed by atoms with E-state index >= 15 is 0 Å². The molecule has 7 nitrogen and oxygen atoms in total. The van der Waals surface area contributed by atoms with E-state index in [1.807, 2.05) is 0 Å². The monoisotopic (exact) mass is 313 g/mol. The molecule has 1 aliphatic heterocycles. The normalized spacial score (nSPS) is 20.1. The number of furan rings is 1. The predicted molar refractivity (Wildman–Crippen MR) is 74.0 cm³/mol. The van der Waals surface area contributed by atoms with Crippen molar-refractivity contribution in [3.05, 3.63) is 36.3 Å². The molecule has 1 aromatic rings. The average Bonchev–Trinajstić information content (AvgIpc) is 3.01. The third kappa shape index (κ3) is 3.33. The SMILES string of the molecule is C=CCN(C(=O)c1ccc(C(=O)O)o1)[C@@H]1CCS(=O)(=O)C1. The molecule has 0 aliphatic carbocycles. The quantitative estimate of drug-likeness (QED) is 0.806. The van der Waals surface area contributed by atoms with Crippen LogP contribution in [0.25, 0.3) is 0 Å². The first-order valence-corrected chi connectivity index (χ1v) is 8.11. The van der Waals surface area contributed by atoms with E-state index in [9.17, 15) is 18.0 Å². The fourth-order valence-electron chi connectivity index (χ4n) is 2.27. The Morgan fingerprint density at radius 1 is 1.43 bits per heavy atom. The molecule has 0 radical (unpaired) electrons. The van der Waals surface area contributed by atoms with E-state index < -0.39 is 27.8 Å². The largest absolute Gasteiger partial charge is 0.475 e. The summed E-state index contributed by atoms with van der Waals surface area (Å²) in [6.45, 7) is 3.72. The molecule has 0 unspecified atom stereocenters. The number of hydrogen-bond donors (Lipinski definition) is 1. The first-order valence-electron chi connectivity index (χ1n) is 6.29. The average molecular weight is 313 g/mol. The minimum atomic E-state index is -3.14. The Balaban J connectivity index is 2.23. The van der Waals surface area contributed by atoms with Gasteiger partial charge in [0.15, 0.2) is 15.6 Å². The Bertz CT molecular complexity index is 675. The number of carboxylic acid groups (broad SMARTS) is 1. The Labute approximate surface area is 121 Å². The first kappa shape index (κ1) is 15.3. The standard InChI is InChI=1S/C13H15NO6S/c1-2-6-14(9-5-7-21(18,19)8-9)12(15)10-3-4-11(20-10)13(16)17/h2-4,9H,1,5-8H2,(H,16,17)/t9-/m1/s1. The van der Waals surface area contributed by atoms with Gasteiger partial charge in [-0.15, -0.1) is 6.58 Å². The minimum absolute atomic E-state index is 0.0388. The van der Waals surface area contributed by atoms with Gasteiger partial charge in [0.2, 0.25) is 5.76 Å². The van der Waals surface area contributed by atoms with E-state index in [-0.39, 0.29) is 29.6 Å². The maximum atomic E-state index is 12.4. The number of hydrogen-bond acceptors (Lipinski definition) is 5. The molecule has 0 aromatic carbocycles. The second-order valence-corrected chi connectivity index (χ2v) is 7.00. The summed E-state index contributed by atoms with van der Waals surface area (Å²) >= 11 is 0. The third-order valence-electron chi connectivity index (χ3n) is 3.26. The van der Waals surface area contributed by atoms with Crippen LogP contribution in [0.5, 0.6) is 0 Å². The number of carbonyl (C=O) groups excluding carboxylic acids is 1. The molecule has 0 saturated carbocycles. The number of aromatic carboxylic acids is 1. The molecule has 1 fully saturated rings. The van der Waals surface area contributed by atoms with Crippen LogP contribution < -0.4 is 0 Å². The van der Waals surface area contributed by atoms with E-state index in [1.165, 1.54) is 23.1 Å². The van der Waals surface area contributed by atoms with Gasteiger partial charge >= 0.3 is 5.97 Å². The lowest BCUT2D eigenvalue weighted by Gasteiger charge is -2.26. The highest BCUT2D eigenvalue weighted by molar-refractivity contribution is 7.91. The van der Waals surface area contributed by atoms with E-state index in [0.29, 0.717) is 6.42 Å². The molecular formula is C13H15NO6S. The maximum Gasteiger partial charge on any atom is 0.371 e. The van der Waals surface area contributed by atoms with Gasteiger partial charge in [-0.1, -0.05) is 6.08 Å². The Kier molecular flexibility index (Phi) is 4.17. The van der Waals surface area contributed by atoms with Crippen molar-refractivity contribution >= 4 is 21.7 Å². The summed E-state index contributed by atoms with van der Waals surface area (Å²) in [6, 6.07) is 2.01. The van der Waals surface area contributed by atoms with Crippen LogP contribution in [0.15, 0.2) is 29.2 Å². The van der Waals surface area contributed by atoms with E-state index in [2.05, 4.69) is 6.58 Å². The maximum absolute atomic E-state index is 12.4. The van der Waals surface area contributed by atoms with Crippen LogP contribution in [0.2, 0.25) is 0 Å².